The van der Waals surface area contributed by atoms with Gasteiger partial charge in [0.25, 0.3) is 5.91 Å². The van der Waals surface area contributed by atoms with Crippen LogP contribution < -0.4 is 15.0 Å². The van der Waals surface area contributed by atoms with E-state index < -0.39 is 5.91 Å². The molecule has 6 heteroatoms. The molecule has 0 aromatic heterocycles. The quantitative estimate of drug-likeness (QED) is 0.641. The smallest absolute Gasteiger partial charge is 0.267 e. The fourth-order valence-corrected chi connectivity index (χ4v) is 3.19. The summed E-state index contributed by atoms with van der Waals surface area (Å²) in [5.74, 6) is 0.119. The highest BCUT2D eigenvalue weighted by Crippen LogP contribution is 2.23. The van der Waals surface area contributed by atoms with E-state index in [0.29, 0.717) is 11.4 Å². The van der Waals surface area contributed by atoms with Gasteiger partial charge < -0.3 is 19.9 Å². The van der Waals surface area contributed by atoms with Crippen LogP contribution in [0.5, 0.6) is 5.75 Å². The topological polar surface area (TPSA) is 68.6 Å². The highest BCUT2D eigenvalue weighted by atomic mass is 16.5. The predicted molar refractivity (Wildman–Crippen MR) is 110 cm³/mol. The molecular weight excluding hydrogens is 352 g/mol. The van der Waals surface area contributed by atoms with Crippen LogP contribution in [0.2, 0.25) is 0 Å². The Balaban J connectivity index is 1.63. The summed E-state index contributed by atoms with van der Waals surface area (Å²) in [5, 5.41) is 12.2. The third-order valence-corrected chi connectivity index (χ3v) is 4.71. The van der Waals surface area contributed by atoms with Crippen LogP contribution in [0, 0.1) is 18.3 Å². The van der Waals surface area contributed by atoms with Gasteiger partial charge in [-0.2, -0.15) is 5.26 Å². The summed E-state index contributed by atoms with van der Waals surface area (Å²) in [7, 11) is 1.54. The molecule has 0 bridgehead atoms. The first-order valence-electron chi connectivity index (χ1n) is 9.22. The predicted octanol–water partition coefficient (Wildman–Crippen LogP) is 3.17. The Morgan fingerprint density at radius 3 is 2.57 bits per heavy atom. The summed E-state index contributed by atoms with van der Waals surface area (Å²) >= 11 is 0. The van der Waals surface area contributed by atoms with Crippen molar-refractivity contribution in [1.29, 1.82) is 5.26 Å². The summed E-state index contributed by atoms with van der Waals surface area (Å²) < 4.78 is 5.24. The fraction of sp³-hybridized carbons (Fsp3) is 0.273. The van der Waals surface area contributed by atoms with Gasteiger partial charge in [-0.05, 0) is 36.8 Å². The summed E-state index contributed by atoms with van der Waals surface area (Å²) in [6, 6.07) is 17.6. The highest BCUT2D eigenvalue weighted by molar-refractivity contribution is 6.07. The Hall–Kier alpha value is -3.46. The van der Waals surface area contributed by atoms with Gasteiger partial charge in [-0.15, -0.1) is 0 Å². The number of aryl methyl sites for hydroxylation is 1. The highest BCUT2D eigenvalue weighted by Gasteiger charge is 2.18. The Morgan fingerprint density at radius 1 is 1.14 bits per heavy atom. The number of piperazine rings is 1. The van der Waals surface area contributed by atoms with Crippen LogP contribution in [0.25, 0.3) is 0 Å². The van der Waals surface area contributed by atoms with Crippen LogP contribution in [-0.4, -0.2) is 44.1 Å². The summed E-state index contributed by atoms with van der Waals surface area (Å²) in [6.07, 6.45) is 1.65. The molecule has 0 radical (unpaired) electrons. The molecule has 0 unspecified atom stereocenters. The number of hydrogen-bond acceptors (Lipinski definition) is 5. The number of carbonyl (C=O) groups is 1. The molecule has 2 aromatic rings. The molecule has 28 heavy (non-hydrogen) atoms. The van der Waals surface area contributed by atoms with E-state index in [4.69, 9.17) is 4.74 Å². The monoisotopic (exact) mass is 376 g/mol. The van der Waals surface area contributed by atoms with Gasteiger partial charge in [0.15, 0.2) is 0 Å². The van der Waals surface area contributed by atoms with Crippen LogP contribution in [0.4, 0.5) is 11.4 Å². The molecule has 1 aliphatic rings. The van der Waals surface area contributed by atoms with Crippen molar-refractivity contribution in [3.63, 3.8) is 0 Å². The summed E-state index contributed by atoms with van der Waals surface area (Å²) in [6.45, 7) is 5.27. The first-order valence-corrected chi connectivity index (χ1v) is 9.22. The van der Waals surface area contributed by atoms with Gasteiger partial charge in [0.2, 0.25) is 0 Å². The molecular formula is C22H24N4O2. The van der Waals surface area contributed by atoms with Gasteiger partial charge in [0.05, 0.1) is 12.8 Å². The van der Waals surface area contributed by atoms with Crippen LogP contribution in [-0.2, 0) is 4.79 Å². The maximum absolute atomic E-state index is 12.5. The van der Waals surface area contributed by atoms with Crippen molar-refractivity contribution < 1.29 is 9.53 Å². The van der Waals surface area contributed by atoms with Gasteiger partial charge in [-0.1, -0.05) is 24.3 Å². The van der Waals surface area contributed by atoms with E-state index in [1.807, 2.05) is 17.0 Å². The van der Waals surface area contributed by atoms with E-state index in [9.17, 15) is 10.1 Å². The Labute approximate surface area is 165 Å². The average molecular weight is 376 g/mol. The first kappa shape index (κ1) is 19.3. The number of nitrogens with one attached hydrogen (secondary N) is 1. The lowest BCUT2D eigenvalue weighted by atomic mass is 10.2. The number of ether oxygens (including phenoxy) is 1. The van der Waals surface area contributed by atoms with E-state index >= 15 is 0 Å². The number of amides is 1. The van der Waals surface area contributed by atoms with Gasteiger partial charge >= 0.3 is 0 Å². The molecule has 1 heterocycles. The SMILES string of the molecule is COc1ccccc1NC(=O)/C(C#N)=C\N1CCN(c2cccc(C)c2)CC1. The minimum Gasteiger partial charge on any atom is -0.495 e. The molecule has 2 aromatic carbocycles. The fourth-order valence-electron chi connectivity index (χ4n) is 3.19. The normalized spacial score (nSPS) is 14.4. The molecule has 144 valence electrons. The minimum atomic E-state index is -0.437. The van der Waals surface area contributed by atoms with Crippen molar-refractivity contribution in [2.45, 2.75) is 6.92 Å². The van der Waals surface area contributed by atoms with Gasteiger partial charge in [-0.3, -0.25) is 4.79 Å². The number of methoxy groups -OCH3 is 1. The number of benzene rings is 2. The summed E-state index contributed by atoms with van der Waals surface area (Å²) in [4.78, 5) is 16.9. The van der Waals surface area contributed by atoms with E-state index in [1.165, 1.54) is 11.3 Å². The molecule has 1 amide bonds. The molecule has 0 atom stereocenters. The zero-order valence-corrected chi connectivity index (χ0v) is 16.2. The van der Waals surface area contributed by atoms with Crippen LogP contribution in [0.1, 0.15) is 5.56 Å². The average Bonchev–Trinajstić information content (AvgIpc) is 2.72. The van der Waals surface area contributed by atoms with Crippen LogP contribution in [0.15, 0.2) is 60.3 Å². The molecule has 1 saturated heterocycles. The Bertz CT molecular complexity index is 909. The van der Waals surface area contributed by atoms with E-state index in [0.717, 1.165) is 26.2 Å². The number of para-hydroxylation sites is 2. The van der Waals surface area contributed by atoms with Gasteiger partial charge in [0.1, 0.15) is 17.4 Å². The van der Waals surface area contributed by atoms with Crippen molar-refractivity contribution >= 4 is 17.3 Å². The number of carbonyl (C=O) groups excluding carboxylic acids is 1. The van der Waals surface area contributed by atoms with Crippen LogP contribution in [0.3, 0.4) is 0 Å². The second-order valence-electron chi connectivity index (χ2n) is 6.67. The summed E-state index contributed by atoms with van der Waals surface area (Å²) in [5.41, 5.74) is 3.06. The van der Waals surface area contributed by atoms with Gasteiger partial charge in [-0.25, -0.2) is 0 Å². The van der Waals surface area contributed by atoms with Crippen molar-refractivity contribution in [3.05, 3.63) is 65.9 Å². The second kappa shape index (κ2) is 8.96. The number of nitrogens with zero attached hydrogens (tertiary/aromatic N) is 3. The first-order chi connectivity index (χ1) is 13.6. The minimum absolute atomic E-state index is 0.0786. The molecule has 6 nitrogen and oxygen atoms in total. The third-order valence-electron chi connectivity index (χ3n) is 4.71. The number of hydrogen-bond donors (Lipinski definition) is 1. The van der Waals surface area contributed by atoms with Gasteiger partial charge in [0, 0.05) is 38.1 Å². The van der Waals surface area contributed by atoms with E-state index in [2.05, 4.69) is 41.4 Å². The lowest BCUT2D eigenvalue weighted by Gasteiger charge is -2.35. The zero-order chi connectivity index (χ0) is 19.9. The Morgan fingerprint density at radius 2 is 1.89 bits per heavy atom. The molecule has 1 aliphatic heterocycles. The maximum atomic E-state index is 12.5. The van der Waals surface area contributed by atoms with Crippen LogP contribution >= 0.6 is 0 Å². The van der Waals surface area contributed by atoms with Crippen molar-refractivity contribution in [2.24, 2.45) is 0 Å². The number of anilines is 2. The van der Waals surface area contributed by atoms with E-state index in [-0.39, 0.29) is 5.57 Å². The second-order valence-corrected chi connectivity index (χ2v) is 6.67. The lowest BCUT2D eigenvalue weighted by Crippen LogP contribution is -2.44. The van der Waals surface area contributed by atoms with Crippen molar-refractivity contribution in [2.75, 3.05) is 43.5 Å². The molecule has 3 rings (SSSR count). The lowest BCUT2D eigenvalue weighted by molar-refractivity contribution is -0.112. The van der Waals surface area contributed by atoms with E-state index in [1.54, 1.807) is 31.5 Å². The largest absolute Gasteiger partial charge is 0.495 e. The number of rotatable bonds is 5. The number of nitriles is 1. The third kappa shape index (κ3) is 4.63. The maximum Gasteiger partial charge on any atom is 0.267 e. The zero-order valence-electron chi connectivity index (χ0n) is 16.2. The standard InChI is InChI=1S/C22H24N4O2/c1-17-6-5-7-19(14-17)26-12-10-25(11-13-26)16-18(15-23)22(27)24-20-8-3-4-9-21(20)28-2/h3-9,14,16H,10-13H2,1-2H3,(H,24,27)/b18-16-. The molecule has 1 N–H and O–H groups in total. The van der Waals surface area contributed by atoms with Crippen molar-refractivity contribution in [1.82, 2.24) is 4.90 Å². The molecule has 0 aliphatic carbocycles. The van der Waals surface area contributed by atoms with Crippen molar-refractivity contribution in [3.8, 4) is 11.8 Å². The molecule has 0 spiro atoms. The Kier molecular flexibility index (Phi) is 6.18. The molecule has 1 fully saturated rings. The molecule has 0 saturated carbocycles.